The Morgan fingerprint density at radius 2 is 1.90 bits per heavy atom. The van der Waals surface area contributed by atoms with Gasteiger partial charge in [-0.3, -0.25) is 4.79 Å². The van der Waals surface area contributed by atoms with E-state index in [1.165, 1.54) is 0 Å². The highest BCUT2D eigenvalue weighted by atomic mass is 79.9. The molecule has 20 heavy (non-hydrogen) atoms. The summed E-state index contributed by atoms with van der Waals surface area (Å²) >= 11 is 3.38. The molecule has 0 aromatic heterocycles. The highest BCUT2D eigenvalue weighted by molar-refractivity contribution is 9.10. The Bertz CT molecular complexity index is 392. The van der Waals surface area contributed by atoms with Gasteiger partial charge in [0.15, 0.2) is 5.78 Å². The second kappa shape index (κ2) is 10.1. The fraction of sp³-hybridized carbons (Fsp3) is 0.562. The zero-order valence-electron chi connectivity index (χ0n) is 12.4. The van der Waals surface area contributed by atoms with E-state index in [9.17, 15) is 4.79 Å². The molecule has 1 aromatic carbocycles. The predicted octanol–water partition coefficient (Wildman–Crippen LogP) is 3.77. The van der Waals surface area contributed by atoms with E-state index in [-0.39, 0.29) is 5.78 Å². The molecule has 0 aliphatic heterocycles. The van der Waals surface area contributed by atoms with Crippen molar-refractivity contribution < 1.29 is 9.53 Å². The molecular formula is C16H24BrNO2. The Morgan fingerprint density at radius 1 is 1.20 bits per heavy atom. The van der Waals surface area contributed by atoms with Crippen molar-refractivity contribution in [1.29, 1.82) is 0 Å². The molecule has 1 rings (SSSR count). The number of nitrogens with zero attached hydrogens (tertiary/aromatic N) is 1. The van der Waals surface area contributed by atoms with Crippen LogP contribution in [0.1, 0.15) is 37.0 Å². The zero-order chi connectivity index (χ0) is 14.8. The number of hydrogen-bond donors (Lipinski definition) is 0. The van der Waals surface area contributed by atoms with Gasteiger partial charge in [-0.15, -0.1) is 0 Å². The number of ether oxygens (including phenoxy) is 1. The van der Waals surface area contributed by atoms with E-state index in [0.29, 0.717) is 6.42 Å². The second-order valence-electron chi connectivity index (χ2n) is 4.66. The SMILES string of the molecule is CCOCCN(CC)CCCC(=O)c1ccc(Br)cc1. The lowest BCUT2D eigenvalue weighted by molar-refractivity contribution is 0.0963. The van der Waals surface area contributed by atoms with Gasteiger partial charge in [-0.25, -0.2) is 0 Å². The summed E-state index contributed by atoms with van der Waals surface area (Å²) in [4.78, 5) is 14.4. The number of halogens is 1. The van der Waals surface area contributed by atoms with E-state index in [0.717, 1.165) is 49.3 Å². The maximum absolute atomic E-state index is 12.0. The van der Waals surface area contributed by atoms with Gasteiger partial charge in [-0.1, -0.05) is 35.0 Å². The largest absolute Gasteiger partial charge is 0.380 e. The molecule has 0 saturated heterocycles. The van der Waals surface area contributed by atoms with Crippen LogP contribution in [0.15, 0.2) is 28.7 Å². The van der Waals surface area contributed by atoms with Crippen molar-refractivity contribution >= 4 is 21.7 Å². The highest BCUT2D eigenvalue weighted by Crippen LogP contribution is 2.12. The summed E-state index contributed by atoms with van der Waals surface area (Å²) < 4.78 is 6.36. The van der Waals surface area contributed by atoms with Crippen molar-refractivity contribution in [2.75, 3.05) is 32.8 Å². The van der Waals surface area contributed by atoms with E-state index in [1.807, 2.05) is 31.2 Å². The summed E-state index contributed by atoms with van der Waals surface area (Å²) in [6, 6.07) is 7.57. The number of hydrogen-bond acceptors (Lipinski definition) is 3. The molecule has 0 radical (unpaired) electrons. The molecule has 0 fully saturated rings. The van der Waals surface area contributed by atoms with Gasteiger partial charge in [0, 0.05) is 29.6 Å². The first-order valence-electron chi connectivity index (χ1n) is 7.26. The van der Waals surface area contributed by atoms with Crippen molar-refractivity contribution in [3.05, 3.63) is 34.3 Å². The van der Waals surface area contributed by atoms with E-state index in [1.54, 1.807) is 0 Å². The van der Waals surface area contributed by atoms with Crippen molar-refractivity contribution in [3.8, 4) is 0 Å². The molecule has 0 aliphatic rings. The molecule has 0 unspecified atom stereocenters. The Balaban J connectivity index is 2.28. The Kier molecular flexibility index (Phi) is 8.74. The first-order chi connectivity index (χ1) is 9.67. The first kappa shape index (κ1) is 17.3. The lowest BCUT2D eigenvalue weighted by Crippen LogP contribution is -2.28. The molecule has 3 nitrogen and oxygen atoms in total. The van der Waals surface area contributed by atoms with Crippen LogP contribution in [0.25, 0.3) is 0 Å². The summed E-state index contributed by atoms with van der Waals surface area (Å²) in [6.07, 6.45) is 1.50. The average Bonchev–Trinajstić information content (AvgIpc) is 2.46. The number of benzene rings is 1. The van der Waals surface area contributed by atoms with E-state index >= 15 is 0 Å². The Hall–Kier alpha value is -0.710. The van der Waals surface area contributed by atoms with Crippen LogP contribution in [-0.4, -0.2) is 43.5 Å². The number of carbonyl (C=O) groups excluding carboxylic acids is 1. The maximum Gasteiger partial charge on any atom is 0.162 e. The Morgan fingerprint density at radius 3 is 2.50 bits per heavy atom. The molecule has 0 heterocycles. The molecule has 0 atom stereocenters. The normalized spacial score (nSPS) is 11.0. The number of ketones is 1. The van der Waals surface area contributed by atoms with Crippen LogP contribution in [-0.2, 0) is 4.74 Å². The topological polar surface area (TPSA) is 29.5 Å². The number of likely N-dealkylation sites (N-methyl/N-ethyl adjacent to an activating group) is 1. The van der Waals surface area contributed by atoms with Gasteiger partial charge >= 0.3 is 0 Å². The summed E-state index contributed by atoms with van der Waals surface area (Å²) in [5.74, 6) is 0.221. The van der Waals surface area contributed by atoms with Crippen LogP contribution in [0.5, 0.6) is 0 Å². The minimum absolute atomic E-state index is 0.221. The maximum atomic E-state index is 12.0. The number of rotatable bonds is 10. The van der Waals surface area contributed by atoms with Crippen LogP contribution < -0.4 is 0 Å². The molecule has 4 heteroatoms. The lowest BCUT2D eigenvalue weighted by atomic mass is 10.1. The molecule has 0 amide bonds. The number of Topliss-reactive ketones (excluding diaryl/α,β-unsaturated/α-hetero) is 1. The summed E-state index contributed by atoms with van der Waals surface area (Å²) in [5.41, 5.74) is 0.797. The lowest BCUT2D eigenvalue weighted by Gasteiger charge is -2.19. The van der Waals surface area contributed by atoms with E-state index < -0.39 is 0 Å². The first-order valence-corrected chi connectivity index (χ1v) is 8.05. The van der Waals surface area contributed by atoms with Gasteiger partial charge in [0.05, 0.1) is 6.61 Å². The van der Waals surface area contributed by atoms with Gasteiger partial charge < -0.3 is 9.64 Å². The number of carbonyl (C=O) groups is 1. The molecule has 112 valence electrons. The molecular weight excluding hydrogens is 318 g/mol. The molecule has 0 N–H and O–H groups in total. The summed E-state index contributed by atoms with van der Waals surface area (Å²) in [7, 11) is 0. The Labute approximate surface area is 130 Å². The van der Waals surface area contributed by atoms with Gasteiger partial charge in [-0.2, -0.15) is 0 Å². The minimum atomic E-state index is 0.221. The third-order valence-electron chi connectivity index (χ3n) is 3.25. The summed E-state index contributed by atoms with van der Waals surface area (Å²) in [5, 5.41) is 0. The summed E-state index contributed by atoms with van der Waals surface area (Å²) in [6.45, 7) is 8.57. The van der Waals surface area contributed by atoms with Crippen LogP contribution >= 0.6 is 15.9 Å². The fourth-order valence-electron chi connectivity index (χ4n) is 2.01. The standard InChI is InChI=1S/C16H24BrNO2/c1-3-18(12-13-20-4-2)11-5-6-16(19)14-7-9-15(17)10-8-14/h7-10H,3-6,11-13H2,1-2H3. The molecule has 0 bridgehead atoms. The molecule has 0 saturated carbocycles. The van der Waals surface area contributed by atoms with Gasteiger partial charge in [0.25, 0.3) is 0 Å². The van der Waals surface area contributed by atoms with Gasteiger partial charge in [-0.05, 0) is 38.6 Å². The molecule has 0 aliphatic carbocycles. The predicted molar refractivity (Wildman–Crippen MR) is 86.3 cm³/mol. The van der Waals surface area contributed by atoms with Crippen molar-refractivity contribution in [2.24, 2.45) is 0 Å². The van der Waals surface area contributed by atoms with Gasteiger partial charge in [0.2, 0.25) is 0 Å². The van der Waals surface area contributed by atoms with Crippen molar-refractivity contribution in [2.45, 2.75) is 26.7 Å². The monoisotopic (exact) mass is 341 g/mol. The van der Waals surface area contributed by atoms with E-state index in [4.69, 9.17) is 4.74 Å². The van der Waals surface area contributed by atoms with Crippen LogP contribution in [0.2, 0.25) is 0 Å². The third kappa shape index (κ3) is 6.64. The smallest absolute Gasteiger partial charge is 0.162 e. The second-order valence-corrected chi connectivity index (χ2v) is 5.58. The molecule has 1 aromatic rings. The fourth-order valence-corrected chi connectivity index (χ4v) is 2.27. The average molecular weight is 342 g/mol. The van der Waals surface area contributed by atoms with Crippen LogP contribution in [0.4, 0.5) is 0 Å². The van der Waals surface area contributed by atoms with Crippen LogP contribution in [0, 0.1) is 0 Å². The molecule has 0 spiro atoms. The van der Waals surface area contributed by atoms with Crippen molar-refractivity contribution in [1.82, 2.24) is 4.90 Å². The van der Waals surface area contributed by atoms with Gasteiger partial charge in [0.1, 0.15) is 0 Å². The zero-order valence-corrected chi connectivity index (χ0v) is 14.0. The van der Waals surface area contributed by atoms with Crippen molar-refractivity contribution in [3.63, 3.8) is 0 Å². The minimum Gasteiger partial charge on any atom is -0.380 e. The van der Waals surface area contributed by atoms with Crippen LogP contribution in [0.3, 0.4) is 0 Å². The highest BCUT2D eigenvalue weighted by Gasteiger charge is 2.07. The van der Waals surface area contributed by atoms with E-state index in [2.05, 4.69) is 27.8 Å². The quantitative estimate of drug-likeness (QED) is 0.479. The third-order valence-corrected chi connectivity index (χ3v) is 3.78.